The van der Waals surface area contributed by atoms with Gasteiger partial charge >= 0.3 is 0 Å². The van der Waals surface area contributed by atoms with E-state index in [4.69, 9.17) is 26.4 Å². The molecular formula is C25H21ClN4O2S. The smallest absolute Gasteiger partial charge is 0.276 e. The van der Waals surface area contributed by atoms with Gasteiger partial charge in [0.2, 0.25) is 0 Å². The SMILES string of the molecule is COc1ccc(C2N=c3ccccc3=C3C(=O)NC(SCc4ccc(Cl)cc4)=NN32)cc1C. The Morgan fingerprint density at radius 1 is 1.12 bits per heavy atom. The molecule has 5 rings (SSSR count). The topological polar surface area (TPSA) is 66.3 Å². The molecule has 2 heterocycles. The van der Waals surface area contributed by atoms with Crippen LogP contribution in [0.25, 0.3) is 5.70 Å². The van der Waals surface area contributed by atoms with Crippen LogP contribution in [0.3, 0.4) is 0 Å². The fourth-order valence-electron chi connectivity index (χ4n) is 3.90. The summed E-state index contributed by atoms with van der Waals surface area (Å²) in [5.74, 6) is 1.26. The minimum absolute atomic E-state index is 0.193. The minimum atomic E-state index is -0.461. The first-order chi connectivity index (χ1) is 16.0. The Morgan fingerprint density at radius 3 is 2.67 bits per heavy atom. The van der Waals surface area contributed by atoms with Gasteiger partial charge < -0.3 is 4.74 Å². The van der Waals surface area contributed by atoms with Gasteiger partial charge in [-0.1, -0.05) is 59.8 Å². The van der Waals surface area contributed by atoms with Crippen molar-refractivity contribution in [2.24, 2.45) is 10.1 Å². The van der Waals surface area contributed by atoms with Crippen LogP contribution in [0.4, 0.5) is 0 Å². The Bertz CT molecular complexity index is 1390. The number of halogens is 1. The molecule has 0 radical (unpaired) electrons. The molecule has 1 amide bonds. The molecule has 1 unspecified atom stereocenters. The number of hydrogen-bond acceptors (Lipinski definition) is 6. The Hall–Kier alpha value is -3.29. The third kappa shape index (κ3) is 4.21. The first kappa shape index (κ1) is 21.6. The van der Waals surface area contributed by atoms with Crippen molar-refractivity contribution >= 4 is 40.1 Å². The van der Waals surface area contributed by atoms with Crippen molar-refractivity contribution in [3.8, 4) is 5.75 Å². The van der Waals surface area contributed by atoms with Gasteiger partial charge in [0.1, 0.15) is 11.4 Å². The average molecular weight is 477 g/mol. The van der Waals surface area contributed by atoms with Crippen LogP contribution in [0.15, 0.2) is 76.8 Å². The van der Waals surface area contributed by atoms with Gasteiger partial charge in [-0.05, 0) is 53.9 Å². The molecule has 0 fully saturated rings. The number of carbonyl (C=O) groups is 1. The lowest BCUT2D eigenvalue weighted by atomic mass is 10.1. The number of fused-ring (bicyclic) bond motifs is 2. The maximum Gasteiger partial charge on any atom is 0.276 e. The predicted octanol–water partition coefficient (Wildman–Crippen LogP) is 3.73. The number of carbonyl (C=O) groups excluding carboxylic acids is 1. The third-order valence-electron chi connectivity index (χ3n) is 5.52. The molecule has 3 aromatic carbocycles. The maximum atomic E-state index is 13.2. The van der Waals surface area contributed by atoms with Crippen LogP contribution in [0.2, 0.25) is 5.02 Å². The van der Waals surface area contributed by atoms with E-state index in [1.165, 1.54) is 11.8 Å². The predicted molar refractivity (Wildman–Crippen MR) is 131 cm³/mol. The van der Waals surface area contributed by atoms with Gasteiger partial charge in [-0.3, -0.25) is 15.1 Å². The molecule has 2 aliphatic rings. The van der Waals surface area contributed by atoms with Crippen LogP contribution in [0.1, 0.15) is 22.9 Å². The van der Waals surface area contributed by atoms with Crippen LogP contribution < -0.4 is 20.6 Å². The highest BCUT2D eigenvalue weighted by atomic mass is 35.5. The van der Waals surface area contributed by atoms with E-state index in [1.54, 1.807) is 12.1 Å². The maximum absolute atomic E-state index is 13.2. The van der Waals surface area contributed by atoms with Gasteiger partial charge in [0.05, 0.1) is 12.5 Å². The molecule has 0 aliphatic carbocycles. The zero-order valence-corrected chi connectivity index (χ0v) is 19.7. The van der Waals surface area contributed by atoms with Gasteiger partial charge in [-0.2, -0.15) is 0 Å². The summed E-state index contributed by atoms with van der Waals surface area (Å²) in [7, 11) is 1.65. The van der Waals surface area contributed by atoms with E-state index in [0.29, 0.717) is 21.6 Å². The second kappa shape index (κ2) is 8.92. The second-order valence-corrected chi connectivity index (χ2v) is 9.12. The third-order valence-corrected chi connectivity index (χ3v) is 6.71. The lowest BCUT2D eigenvalue weighted by molar-refractivity contribution is -0.116. The quantitative estimate of drug-likeness (QED) is 0.623. The van der Waals surface area contributed by atoms with Crippen LogP contribution in [0, 0.1) is 6.92 Å². The summed E-state index contributed by atoms with van der Waals surface area (Å²) in [5, 5.41) is 12.2. The fourth-order valence-corrected chi connectivity index (χ4v) is 4.84. The summed E-state index contributed by atoms with van der Waals surface area (Å²) < 4.78 is 5.41. The largest absolute Gasteiger partial charge is 0.496 e. The average Bonchev–Trinajstić information content (AvgIpc) is 2.83. The zero-order chi connectivity index (χ0) is 22.9. The molecule has 0 saturated heterocycles. The van der Waals surface area contributed by atoms with Crippen molar-refractivity contribution in [1.82, 2.24) is 10.3 Å². The molecule has 166 valence electrons. The number of hydrazone groups is 1. The number of nitrogens with one attached hydrogen (secondary N) is 1. The standard InChI is InChI=1S/C25H21ClN4O2S/c1-15-13-17(9-12-21(15)32-2)23-27-20-6-4-3-5-19(20)22-24(31)28-25(29-30(22)23)33-14-16-7-10-18(26)11-8-16/h3-13,23H,14H2,1-2H3,(H,28,29,31). The Kier molecular flexibility index (Phi) is 5.83. The number of hydrogen-bond donors (Lipinski definition) is 1. The molecule has 0 saturated carbocycles. The van der Waals surface area contributed by atoms with E-state index in [0.717, 1.165) is 33.0 Å². The summed E-state index contributed by atoms with van der Waals surface area (Å²) in [5.41, 5.74) is 3.51. The van der Waals surface area contributed by atoms with Crippen molar-refractivity contribution in [3.05, 3.63) is 99.0 Å². The highest BCUT2D eigenvalue weighted by Crippen LogP contribution is 2.33. The van der Waals surface area contributed by atoms with Crippen molar-refractivity contribution in [1.29, 1.82) is 0 Å². The minimum Gasteiger partial charge on any atom is -0.496 e. The van der Waals surface area contributed by atoms with Crippen molar-refractivity contribution in [2.75, 3.05) is 7.11 Å². The summed E-state index contributed by atoms with van der Waals surface area (Å²) in [6.45, 7) is 1.99. The van der Waals surface area contributed by atoms with E-state index in [9.17, 15) is 4.79 Å². The molecule has 2 aliphatic heterocycles. The molecule has 8 heteroatoms. The molecule has 0 bridgehead atoms. The van der Waals surface area contributed by atoms with E-state index in [-0.39, 0.29) is 5.91 Å². The molecule has 6 nitrogen and oxygen atoms in total. The van der Waals surface area contributed by atoms with Gasteiger partial charge in [0.15, 0.2) is 11.3 Å². The molecule has 0 aromatic heterocycles. The fraction of sp³-hybridized carbons (Fsp3) is 0.160. The number of thioether (sulfide) groups is 1. The number of methoxy groups -OCH3 is 1. The first-order valence-electron chi connectivity index (χ1n) is 10.4. The number of nitrogens with zero attached hydrogens (tertiary/aromatic N) is 3. The van der Waals surface area contributed by atoms with Crippen molar-refractivity contribution in [3.63, 3.8) is 0 Å². The normalized spacial score (nSPS) is 16.9. The molecule has 3 aromatic rings. The monoisotopic (exact) mass is 476 g/mol. The van der Waals surface area contributed by atoms with Crippen molar-refractivity contribution < 1.29 is 9.53 Å². The van der Waals surface area contributed by atoms with Gasteiger partial charge in [-0.15, -0.1) is 5.10 Å². The Morgan fingerprint density at radius 2 is 1.91 bits per heavy atom. The molecule has 1 atom stereocenters. The number of amidine groups is 1. The lowest BCUT2D eigenvalue weighted by Crippen LogP contribution is -2.50. The molecule has 1 N–H and O–H groups in total. The van der Waals surface area contributed by atoms with Crippen LogP contribution in [-0.2, 0) is 10.5 Å². The van der Waals surface area contributed by atoms with Crippen LogP contribution >= 0.6 is 23.4 Å². The molecule has 0 spiro atoms. The number of aryl methyl sites for hydroxylation is 1. The highest BCUT2D eigenvalue weighted by molar-refractivity contribution is 8.13. The van der Waals surface area contributed by atoms with Gasteiger partial charge in [0, 0.05) is 16.0 Å². The number of para-hydroxylation sites is 1. The number of ether oxygens (including phenoxy) is 1. The van der Waals surface area contributed by atoms with Crippen LogP contribution in [0.5, 0.6) is 5.75 Å². The van der Waals surface area contributed by atoms with E-state index >= 15 is 0 Å². The van der Waals surface area contributed by atoms with Crippen LogP contribution in [-0.4, -0.2) is 23.2 Å². The summed E-state index contributed by atoms with van der Waals surface area (Å²) in [4.78, 5) is 18.2. The van der Waals surface area contributed by atoms with E-state index in [1.807, 2.05) is 73.7 Å². The molecule has 33 heavy (non-hydrogen) atoms. The second-order valence-electron chi connectivity index (χ2n) is 7.72. The lowest BCUT2D eigenvalue weighted by Gasteiger charge is -2.34. The van der Waals surface area contributed by atoms with E-state index in [2.05, 4.69) is 5.32 Å². The summed E-state index contributed by atoms with van der Waals surface area (Å²) in [6.07, 6.45) is -0.461. The Balaban J connectivity index is 1.55. The number of amides is 1. The van der Waals surface area contributed by atoms with Gasteiger partial charge in [-0.25, -0.2) is 5.01 Å². The van der Waals surface area contributed by atoms with E-state index < -0.39 is 6.17 Å². The first-order valence-corrected chi connectivity index (χ1v) is 11.8. The number of rotatable bonds is 4. The van der Waals surface area contributed by atoms with Gasteiger partial charge in [0.25, 0.3) is 5.91 Å². The summed E-state index contributed by atoms with van der Waals surface area (Å²) >= 11 is 7.45. The van der Waals surface area contributed by atoms with Crippen molar-refractivity contribution in [2.45, 2.75) is 18.8 Å². The zero-order valence-electron chi connectivity index (χ0n) is 18.1. The number of benzene rings is 3. The highest BCUT2D eigenvalue weighted by Gasteiger charge is 2.34. The summed E-state index contributed by atoms with van der Waals surface area (Å²) in [6, 6.07) is 21.2. The Labute approximate surface area is 200 Å². The molecular weight excluding hydrogens is 456 g/mol.